The van der Waals surface area contributed by atoms with E-state index in [9.17, 15) is 4.79 Å². The van der Waals surface area contributed by atoms with Crippen molar-refractivity contribution < 1.29 is 14.6 Å². The molecular weight excluding hydrogens is 268 g/mol. The molecule has 1 aromatic heterocycles. The maximum absolute atomic E-state index is 11.0. The van der Waals surface area contributed by atoms with Gasteiger partial charge in [0.25, 0.3) is 0 Å². The van der Waals surface area contributed by atoms with Gasteiger partial charge >= 0.3 is 5.97 Å². The summed E-state index contributed by atoms with van der Waals surface area (Å²) in [5, 5.41) is 18.4. The Kier molecular flexibility index (Phi) is 3.64. The number of rotatable bonds is 3. The largest absolute Gasteiger partial charge is 0.476 e. The molecule has 5 nitrogen and oxygen atoms in total. The summed E-state index contributed by atoms with van der Waals surface area (Å²) in [5.41, 5.74) is -0.00553. The molecule has 0 amide bonds. The lowest BCUT2D eigenvalue weighted by atomic mass is 10.2. The van der Waals surface area contributed by atoms with Gasteiger partial charge in [-0.2, -0.15) is 5.26 Å². The predicted molar refractivity (Wildman–Crippen MR) is 67.4 cm³/mol. The Hall–Kier alpha value is -2.58. The molecule has 6 heteroatoms. The quantitative estimate of drug-likeness (QED) is 0.930. The molecule has 0 saturated carbocycles. The number of pyridine rings is 1. The predicted octanol–water partition coefficient (Wildman–Crippen LogP) is 3.10. The van der Waals surface area contributed by atoms with E-state index in [1.54, 1.807) is 12.1 Å². The molecule has 0 aliphatic rings. The van der Waals surface area contributed by atoms with Gasteiger partial charge in [-0.1, -0.05) is 11.6 Å². The summed E-state index contributed by atoms with van der Waals surface area (Å²) in [6.45, 7) is 0. The number of nitrogens with zero attached hydrogens (tertiary/aromatic N) is 2. The lowest BCUT2D eigenvalue weighted by molar-refractivity contribution is 0.0687. The third-order valence-corrected chi connectivity index (χ3v) is 2.49. The third-order valence-electron chi connectivity index (χ3n) is 2.26. The van der Waals surface area contributed by atoms with Crippen LogP contribution in [-0.2, 0) is 0 Å². The minimum Gasteiger partial charge on any atom is -0.476 e. The van der Waals surface area contributed by atoms with Crippen LogP contribution in [0.2, 0.25) is 5.02 Å². The second-order valence-corrected chi connectivity index (χ2v) is 3.95. The first-order valence-electron chi connectivity index (χ1n) is 5.17. The molecule has 0 radical (unpaired) electrons. The summed E-state index contributed by atoms with van der Waals surface area (Å²) in [4.78, 5) is 14.7. The average molecular weight is 275 g/mol. The van der Waals surface area contributed by atoms with Crippen LogP contribution in [0.15, 0.2) is 36.5 Å². The van der Waals surface area contributed by atoms with Crippen LogP contribution in [0, 0.1) is 11.3 Å². The SMILES string of the molecule is N#Cc1cc(Cl)ccc1Oc1cccnc1C(=O)O. The number of carboxylic acids is 1. The Balaban J connectivity index is 2.43. The molecule has 0 saturated heterocycles. The van der Waals surface area contributed by atoms with E-state index in [-0.39, 0.29) is 22.8 Å². The zero-order valence-corrected chi connectivity index (χ0v) is 10.3. The van der Waals surface area contributed by atoms with Gasteiger partial charge in [-0.05, 0) is 30.3 Å². The number of hydrogen-bond acceptors (Lipinski definition) is 4. The molecule has 0 aliphatic carbocycles. The Labute approximate surface area is 113 Å². The highest BCUT2D eigenvalue weighted by Gasteiger charge is 2.14. The highest BCUT2D eigenvalue weighted by molar-refractivity contribution is 6.30. The molecule has 1 aromatic carbocycles. The van der Waals surface area contributed by atoms with Crippen molar-refractivity contribution in [2.45, 2.75) is 0 Å². The Morgan fingerprint density at radius 3 is 2.84 bits per heavy atom. The van der Waals surface area contributed by atoms with Crippen LogP contribution in [0.25, 0.3) is 0 Å². The number of aromatic carboxylic acids is 1. The van der Waals surface area contributed by atoms with Crippen LogP contribution in [0.5, 0.6) is 11.5 Å². The van der Waals surface area contributed by atoms with Crippen LogP contribution < -0.4 is 4.74 Å². The number of aromatic nitrogens is 1. The number of ether oxygens (including phenoxy) is 1. The Morgan fingerprint density at radius 1 is 1.37 bits per heavy atom. The van der Waals surface area contributed by atoms with E-state index in [0.29, 0.717) is 5.02 Å². The molecule has 0 aliphatic heterocycles. The summed E-state index contributed by atoms with van der Waals surface area (Å²) in [6, 6.07) is 9.43. The van der Waals surface area contributed by atoms with E-state index in [0.717, 1.165) is 0 Å². The maximum Gasteiger partial charge on any atom is 0.358 e. The monoisotopic (exact) mass is 274 g/mol. The number of halogens is 1. The highest BCUT2D eigenvalue weighted by atomic mass is 35.5. The lowest BCUT2D eigenvalue weighted by Gasteiger charge is -2.09. The first kappa shape index (κ1) is 12.9. The van der Waals surface area contributed by atoms with Crippen LogP contribution >= 0.6 is 11.6 Å². The molecule has 0 spiro atoms. The van der Waals surface area contributed by atoms with Gasteiger partial charge in [-0.25, -0.2) is 9.78 Å². The normalized spacial score (nSPS) is 9.68. The number of carboxylic acid groups (broad SMARTS) is 1. The summed E-state index contributed by atoms with van der Waals surface area (Å²) >= 11 is 5.77. The fourth-order valence-corrected chi connectivity index (χ4v) is 1.60. The second-order valence-electron chi connectivity index (χ2n) is 3.51. The molecule has 0 bridgehead atoms. The van der Waals surface area contributed by atoms with Crippen molar-refractivity contribution in [2.75, 3.05) is 0 Å². The Bertz CT molecular complexity index is 680. The first-order chi connectivity index (χ1) is 9.11. The van der Waals surface area contributed by atoms with Gasteiger partial charge < -0.3 is 9.84 Å². The summed E-state index contributed by atoms with van der Waals surface area (Å²) in [5.74, 6) is -0.917. The molecule has 0 unspecified atom stereocenters. The maximum atomic E-state index is 11.0. The zero-order valence-electron chi connectivity index (χ0n) is 9.50. The number of nitriles is 1. The van der Waals surface area contributed by atoms with E-state index in [2.05, 4.69) is 4.98 Å². The number of hydrogen-bond donors (Lipinski definition) is 1. The van der Waals surface area contributed by atoms with Gasteiger partial charge in [0, 0.05) is 11.2 Å². The molecule has 0 atom stereocenters. The van der Waals surface area contributed by atoms with Crippen molar-refractivity contribution >= 4 is 17.6 Å². The highest BCUT2D eigenvalue weighted by Crippen LogP contribution is 2.28. The minimum atomic E-state index is -1.21. The molecular formula is C13H7ClN2O3. The smallest absolute Gasteiger partial charge is 0.358 e. The van der Waals surface area contributed by atoms with Gasteiger partial charge in [-0.15, -0.1) is 0 Å². The molecule has 19 heavy (non-hydrogen) atoms. The van der Waals surface area contributed by atoms with Gasteiger partial charge in [0.2, 0.25) is 0 Å². The topological polar surface area (TPSA) is 83.2 Å². The van der Waals surface area contributed by atoms with Gasteiger partial charge in [0.15, 0.2) is 11.4 Å². The van der Waals surface area contributed by atoms with E-state index in [1.165, 1.54) is 24.4 Å². The lowest BCUT2D eigenvalue weighted by Crippen LogP contribution is -2.03. The molecule has 2 rings (SSSR count). The van der Waals surface area contributed by atoms with Crippen LogP contribution in [0.3, 0.4) is 0 Å². The van der Waals surface area contributed by atoms with E-state index >= 15 is 0 Å². The van der Waals surface area contributed by atoms with Gasteiger partial charge in [-0.3, -0.25) is 0 Å². The molecule has 1 heterocycles. The number of benzene rings is 1. The Morgan fingerprint density at radius 2 is 2.16 bits per heavy atom. The molecule has 0 fully saturated rings. The van der Waals surface area contributed by atoms with Gasteiger partial charge in [0.1, 0.15) is 11.8 Å². The molecule has 94 valence electrons. The van der Waals surface area contributed by atoms with E-state index < -0.39 is 5.97 Å². The molecule has 1 N–H and O–H groups in total. The number of carbonyl (C=O) groups is 1. The van der Waals surface area contributed by atoms with E-state index in [1.807, 2.05) is 6.07 Å². The van der Waals surface area contributed by atoms with Crippen molar-refractivity contribution in [1.29, 1.82) is 5.26 Å². The average Bonchev–Trinajstić information content (AvgIpc) is 2.41. The van der Waals surface area contributed by atoms with Gasteiger partial charge in [0.05, 0.1) is 5.56 Å². The van der Waals surface area contributed by atoms with Crippen molar-refractivity contribution in [3.8, 4) is 17.6 Å². The zero-order chi connectivity index (χ0) is 13.8. The fourth-order valence-electron chi connectivity index (χ4n) is 1.43. The summed E-state index contributed by atoms with van der Waals surface area (Å²) in [7, 11) is 0. The summed E-state index contributed by atoms with van der Waals surface area (Å²) in [6.07, 6.45) is 1.35. The molecule has 2 aromatic rings. The van der Waals surface area contributed by atoms with Crippen molar-refractivity contribution in [3.63, 3.8) is 0 Å². The summed E-state index contributed by atoms with van der Waals surface area (Å²) < 4.78 is 5.42. The van der Waals surface area contributed by atoms with Crippen molar-refractivity contribution in [2.24, 2.45) is 0 Å². The third kappa shape index (κ3) is 2.81. The van der Waals surface area contributed by atoms with Crippen LogP contribution in [0.4, 0.5) is 0 Å². The van der Waals surface area contributed by atoms with Crippen LogP contribution in [-0.4, -0.2) is 16.1 Å². The van der Waals surface area contributed by atoms with E-state index in [4.69, 9.17) is 26.7 Å². The minimum absolute atomic E-state index is 0.0637. The van der Waals surface area contributed by atoms with Crippen molar-refractivity contribution in [3.05, 3.63) is 52.8 Å². The van der Waals surface area contributed by atoms with Crippen molar-refractivity contribution in [1.82, 2.24) is 4.98 Å². The van der Waals surface area contributed by atoms with Crippen LogP contribution in [0.1, 0.15) is 16.1 Å². The fraction of sp³-hybridized carbons (Fsp3) is 0. The second kappa shape index (κ2) is 5.38. The first-order valence-corrected chi connectivity index (χ1v) is 5.55. The standard InChI is InChI=1S/C13H7ClN2O3/c14-9-3-4-10(8(6-9)7-15)19-11-2-1-5-16-12(11)13(17)18/h1-6H,(H,17,18).